The Morgan fingerprint density at radius 1 is 1.13 bits per heavy atom. The molecule has 1 aliphatic heterocycles. The molecule has 0 N–H and O–H groups in total. The molecule has 2 unspecified atom stereocenters. The third-order valence-electron chi connectivity index (χ3n) is 8.11. The molecule has 2 aliphatic rings. The Bertz CT molecular complexity index is 605. The first kappa shape index (κ1) is 25.6. The maximum absolute atomic E-state index is 11.6. The molecule has 174 valence electrons. The van der Waals surface area contributed by atoms with Crippen LogP contribution in [0.3, 0.4) is 0 Å². The SMILES string of the molecule is COC1(O[Si](C(C)C)(C(C)C)C(C)C)OC=C2[C@@H](CC[C@@H](C)[C@@H]2CCC(C)=O)C1C. The lowest BCUT2D eigenvalue weighted by Gasteiger charge is -2.54. The van der Waals surface area contributed by atoms with E-state index in [2.05, 4.69) is 55.4 Å². The number of carbonyl (C=O) groups is 1. The van der Waals surface area contributed by atoms with Gasteiger partial charge in [0.2, 0.25) is 8.32 Å². The van der Waals surface area contributed by atoms with Crippen LogP contribution in [0.25, 0.3) is 0 Å². The van der Waals surface area contributed by atoms with Crippen molar-refractivity contribution in [3.05, 3.63) is 11.8 Å². The fraction of sp³-hybridized carbons (Fsp3) is 0.880. The standard InChI is InChI=1S/C25H46O4Si/c1-16(2)30(17(3)4,18(5)6)29-25(27-10)21(9)23-13-11-19(7)22(14-12-20(8)26)24(23)15-28-25/h15-19,21-23H,11-14H2,1-10H3/t19-,21?,22+,23+,25?/m1/s1. The zero-order chi connectivity index (χ0) is 22.9. The molecule has 1 fully saturated rings. The number of rotatable bonds is 9. The first-order valence-corrected chi connectivity index (χ1v) is 14.2. The second-order valence-electron chi connectivity index (χ2n) is 10.8. The summed E-state index contributed by atoms with van der Waals surface area (Å²) in [5.74, 6) is 0.723. The summed E-state index contributed by atoms with van der Waals surface area (Å²) in [6.07, 6.45) is 5.81. The van der Waals surface area contributed by atoms with Crippen molar-refractivity contribution in [3.63, 3.8) is 0 Å². The van der Waals surface area contributed by atoms with Crippen LogP contribution in [-0.2, 0) is 18.7 Å². The molecular formula is C25H46O4Si. The van der Waals surface area contributed by atoms with Crippen molar-refractivity contribution in [2.24, 2.45) is 23.7 Å². The number of carbonyl (C=O) groups excluding carboxylic acids is 1. The van der Waals surface area contributed by atoms with Crippen LogP contribution in [0.1, 0.15) is 88.0 Å². The Hall–Kier alpha value is -0.653. The lowest BCUT2D eigenvalue weighted by atomic mass is 9.65. The molecule has 4 nitrogen and oxygen atoms in total. The van der Waals surface area contributed by atoms with Crippen molar-refractivity contribution in [2.75, 3.05) is 7.11 Å². The van der Waals surface area contributed by atoms with Crippen molar-refractivity contribution < 1.29 is 18.7 Å². The fourth-order valence-corrected chi connectivity index (χ4v) is 12.0. The molecule has 0 radical (unpaired) electrons. The second-order valence-corrected chi connectivity index (χ2v) is 16.1. The Kier molecular flexibility index (Phi) is 8.42. The number of hydrogen-bond donors (Lipinski definition) is 0. The number of ketones is 1. The van der Waals surface area contributed by atoms with Gasteiger partial charge in [-0.3, -0.25) is 0 Å². The first-order chi connectivity index (χ1) is 13.9. The summed E-state index contributed by atoms with van der Waals surface area (Å²) in [6.45, 7) is 20.0. The molecule has 1 heterocycles. The lowest BCUT2D eigenvalue weighted by Crippen LogP contribution is -2.60. The predicted octanol–water partition coefficient (Wildman–Crippen LogP) is 7.06. The van der Waals surface area contributed by atoms with Crippen molar-refractivity contribution in [3.8, 4) is 0 Å². The molecule has 0 spiro atoms. The molecule has 2 rings (SSSR count). The maximum Gasteiger partial charge on any atom is 0.319 e. The number of allylic oxidation sites excluding steroid dienone is 1. The van der Waals surface area contributed by atoms with Gasteiger partial charge in [-0.05, 0) is 66.1 Å². The van der Waals surface area contributed by atoms with Crippen LogP contribution in [0.4, 0.5) is 0 Å². The first-order valence-electron chi connectivity index (χ1n) is 12.0. The van der Waals surface area contributed by atoms with E-state index in [-0.39, 0.29) is 11.7 Å². The summed E-state index contributed by atoms with van der Waals surface area (Å²) in [4.78, 5) is 11.6. The number of ether oxygens (including phenoxy) is 2. The molecule has 0 aromatic carbocycles. The van der Waals surface area contributed by atoms with Gasteiger partial charge < -0.3 is 18.7 Å². The zero-order valence-corrected chi connectivity index (χ0v) is 22.1. The van der Waals surface area contributed by atoms with Crippen molar-refractivity contribution in [2.45, 2.75) is 111 Å². The summed E-state index contributed by atoms with van der Waals surface area (Å²) in [5.41, 5.74) is 2.74. The summed E-state index contributed by atoms with van der Waals surface area (Å²) in [7, 11) is -0.461. The van der Waals surface area contributed by atoms with Crippen LogP contribution in [-0.4, -0.2) is 27.2 Å². The highest BCUT2D eigenvalue weighted by atomic mass is 28.4. The van der Waals surface area contributed by atoms with Gasteiger partial charge in [-0.2, -0.15) is 0 Å². The minimum atomic E-state index is -2.19. The molecule has 1 saturated carbocycles. The monoisotopic (exact) mass is 438 g/mol. The number of hydrogen-bond acceptors (Lipinski definition) is 4. The van der Waals surface area contributed by atoms with Crippen molar-refractivity contribution >= 4 is 14.1 Å². The van der Waals surface area contributed by atoms with Gasteiger partial charge in [0.25, 0.3) is 0 Å². The highest BCUT2D eigenvalue weighted by Gasteiger charge is 2.57. The van der Waals surface area contributed by atoms with Gasteiger partial charge in [0.05, 0.1) is 12.2 Å². The summed E-state index contributed by atoms with van der Waals surface area (Å²) in [6, 6.07) is 0. The van der Waals surface area contributed by atoms with E-state index in [0.29, 0.717) is 40.8 Å². The molecule has 0 bridgehead atoms. The van der Waals surface area contributed by atoms with E-state index in [4.69, 9.17) is 13.9 Å². The summed E-state index contributed by atoms with van der Waals surface area (Å²) >= 11 is 0. The predicted molar refractivity (Wildman–Crippen MR) is 125 cm³/mol. The lowest BCUT2D eigenvalue weighted by molar-refractivity contribution is -0.357. The fourth-order valence-electron chi connectivity index (χ4n) is 6.43. The molecule has 0 saturated heterocycles. The topological polar surface area (TPSA) is 44.8 Å². The Morgan fingerprint density at radius 2 is 1.70 bits per heavy atom. The Labute approximate surface area is 186 Å². The van der Waals surface area contributed by atoms with Crippen LogP contribution in [0.5, 0.6) is 0 Å². The van der Waals surface area contributed by atoms with E-state index in [0.717, 1.165) is 12.8 Å². The van der Waals surface area contributed by atoms with E-state index >= 15 is 0 Å². The third-order valence-corrected chi connectivity index (χ3v) is 14.2. The molecule has 5 heteroatoms. The molecule has 0 aromatic heterocycles. The van der Waals surface area contributed by atoms with E-state index in [9.17, 15) is 4.79 Å². The normalized spacial score (nSPS) is 32.2. The van der Waals surface area contributed by atoms with Crippen LogP contribution in [0, 0.1) is 23.7 Å². The van der Waals surface area contributed by atoms with Crippen molar-refractivity contribution in [1.29, 1.82) is 0 Å². The maximum atomic E-state index is 11.6. The van der Waals surface area contributed by atoms with Crippen molar-refractivity contribution in [1.82, 2.24) is 0 Å². The Balaban J connectivity index is 2.42. The summed E-state index contributed by atoms with van der Waals surface area (Å²) < 4.78 is 19.6. The average Bonchev–Trinajstić information content (AvgIpc) is 2.66. The van der Waals surface area contributed by atoms with Gasteiger partial charge in [-0.1, -0.05) is 55.4 Å². The third kappa shape index (κ3) is 4.58. The number of Topliss-reactive ketones (excluding diaryl/α,β-unsaturated/α-hetero) is 1. The summed E-state index contributed by atoms with van der Waals surface area (Å²) in [5, 5.41) is 0. The van der Waals surface area contributed by atoms with Gasteiger partial charge in [-0.15, -0.1) is 0 Å². The van der Waals surface area contributed by atoms with E-state index in [1.165, 1.54) is 12.0 Å². The molecular weight excluding hydrogens is 392 g/mol. The van der Waals surface area contributed by atoms with E-state index < -0.39 is 14.3 Å². The molecule has 1 aliphatic carbocycles. The van der Waals surface area contributed by atoms with Gasteiger partial charge >= 0.3 is 5.97 Å². The minimum Gasteiger partial charge on any atom is -0.447 e. The highest BCUT2D eigenvalue weighted by molar-refractivity contribution is 6.77. The average molecular weight is 439 g/mol. The van der Waals surface area contributed by atoms with Crippen LogP contribution >= 0.6 is 0 Å². The van der Waals surface area contributed by atoms with Gasteiger partial charge in [0.15, 0.2) is 0 Å². The van der Waals surface area contributed by atoms with Gasteiger partial charge in [0, 0.05) is 13.5 Å². The van der Waals surface area contributed by atoms with Gasteiger partial charge in [-0.25, -0.2) is 0 Å². The van der Waals surface area contributed by atoms with Crippen LogP contribution in [0.2, 0.25) is 16.6 Å². The minimum absolute atomic E-state index is 0.109. The second kappa shape index (κ2) is 9.87. The smallest absolute Gasteiger partial charge is 0.319 e. The largest absolute Gasteiger partial charge is 0.447 e. The number of methoxy groups -OCH3 is 1. The molecule has 5 atom stereocenters. The van der Waals surface area contributed by atoms with Gasteiger partial charge in [0.1, 0.15) is 5.78 Å². The molecule has 30 heavy (non-hydrogen) atoms. The van der Waals surface area contributed by atoms with E-state index in [1.54, 1.807) is 14.0 Å². The zero-order valence-electron chi connectivity index (χ0n) is 21.1. The Morgan fingerprint density at radius 3 is 2.17 bits per heavy atom. The molecule has 0 aromatic rings. The van der Waals surface area contributed by atoms with Crippen LogP contribution < -0.4 is 0 Å². The van der Waals surface area contributed by atoms with E-state index in [1.807, 2.05) is 6.26 Å². The molecule has 0 amide bonds. The highest BCUT2D eigenvalue weighted by Crippen LogP contribution is 2.53. The van der Waals surface area contributed by atoms with Crippen LogP contribution in [0.15, 0.2) is 11.8 Å². The quantitative estimate of drug-likeness (QED) is 0.285. The number of fused-ring (bicyclic) bond motifs is 1.